The Hall–Kier alpha value is -2.83. The van der Waals surface area contributed by atoms with Crippen molar-refractivity contribution in [3.05, 3.63) is 64.7 Å². The summed E-state index contributed by atoms with van der Waals surface area (Å²) in [4.78, 5) is 27.0. The highest BCUT2D eigenvalue weighted by atomic mass is 19.4. The maximum Gasteiger partial charge on any atom is 0.416 e. The number of likely N-dealkylation sites (tertiary alicyclic amines) is 1. The lowest BCUT2D eigenvalue weighted by atomic mass is 9.89. The van der Waals surface area contributed by atoms with Gasteiger partial charge in [-0.1, -0.05) is 24.3 Å². The molecule has 3 rings (SSSR count). The van der Waals surface area contributed by atoms with Gasteiger partial charge in [0.15, 0.2) is 5.78 Å². The molecule has 0 aromatic heterocycles. The summed E-state index contributed by atoms with van der Waals surface area (Å²) in [6, 6.07) is 9.91. The van der Waals surface area contributed by atoms with Crippen LogP contribution in [0.5, 0.6) is 0 Å². The molecule has 1 N–H and O–H groups in total. The van der Waals surface area contributed by atoms with Gasteiger partial charge >= 0.3 is 12.2 Å². The van der Waals surface area contributed by atoms with Crippen LogP contribution in [0.1, 0.15) is 39.9 Å². The maximum atomic E-state index is 12.9. The van der Waals surface area contributed by atoms with Crippen molar-refractivity contribution in [3.63, 3.8) is 0 Å². The molecule has 29 heavy (non-hydrogen) atoms. The molecule has 2 aromatic carbocycles. The van der Waals surface area contributed by atoms with Crippen molar-refractivity contribution in [2.45, 2.75) is 32.9 Å². The summed E-state index contributed by atoms with van der Waals surface area (Å²) in [6.07, 6.45) is -3.33. The molecule has 1 aliphatic rings. The first-order chi connectivity index (χ1) is 13.6. The molecule has 1 aliphatic heterocycles. The van der Waals surface area contributed by atoms with E-state index in [1.807, 2.05) is 32.0 Å². The monoisotopic (exact) mass is 404 g/mol. The number of benzene rings is 2. The number of anilines is 1. The average Bonchev–Trinajstić information content (AvgIpc) is 2.69. The fraction of sp³-hybridized carbons (Fsp3) is 0.364. The van der Waals surface area contributed by atoms with Crippen LogP contribution in [0.15, 0.2) is 42.5 Å². The Labute approximate surface area is 167 Å². The van der Waals surface area contributed by atoms with Gasteiger partial charge in [-0.2, -0.15) is 13.2 Å². The molecule has 0 aliphatic carbocycles. The second-order valence-corrected chi connectivity index (χ2v) is 7.48. The number of hydrogen-bond acceptors (Lipinski definition) is 2. The summed E-state index contributed by atoms with van der Waals surface area (Å²) in [5.74, 6) is -0.878. The number of carbonyl (C=O) groups is 2. The summed E-state index contributed by atoms with van der Waals surface area (Å²) in [5.41, 5.74) is 1.84. The van der Waals surface area contributed by atoms with Crippen LogP contribution in [0.3, 0.4) is 0 Å². The van der Waals surface area contributed by atoms with Gasteiger partial charge in [0.2, 0.25) is 0 Å². The second kappa shape index (κ2) is 8.27. The normalized spacial score (nSPS) is 17.1. The smallest absolute Gasteiger partial charge is 0.324 e. The van der Waals surface area contributed by atoms with Crippen molar-refractivity contribution in [1.29, 1.82) is 0 Å². The summed E-state index contributed by atoms with van der Waals surface area (Å²) in [6.45, 7) is 4.51. The van der Waals surface area contributed by atoms with Gasteiger partial charge in [0.05, 0.1) is 5.56 Å². The van der Waals surface area contributed by atoms with E-state index >= 15 is 0 Å². The zero-order valence-corrected chi connectivity index (χ0v) is 16.3. The highest BCUT2D eigenvalue weighted by Crippen LogP contribution is 2.31. The van der Waals surface area contributed by atoms with E-state index < -0.39 is 17.7 Å². The first-order valence-corrected chi connectivity index (χ1v) is 9.50. The molecule has 1 heterocycles. The number of Topliss-reactive ketones (excluding diaryl/α,β-unsaturated/α-hetero) is 1. The Bertz CT molecular complexity index is 925. The minimum Gasteiger partial charge on any atom is -0.324 e. The fourth-order valence-electron chi connectivity index (χ4n) is 3.52. The first-order valence-electron chi connectivity index (χ1n) is 9.50. The lowest BCUT2D eigenvalue weighted by Crippen LogP contribution is -2.44. The minimum absolute atomic E-state index is 0.0293. The van der Waals surface area contributed by atoms with Crippen molar-refractivity contribution in [2.75, 3.05) is 18.4 Å². The van der Waals surface area contributed by atoms with Gasteiger partial charge in [-0.15, -0.1) is 0 Å². The van der Waals surface area contributed by atoms with Gasteiger partial charge in [-0.25, -0.2) is 4.79 Å². The average molecular weight is 404 g/mol. The van der Waals surface area contributed by atoms with E-state index in [9.17, 15) is 22.8 Å². The van der Waals surface area contributed by atoms with Crippen molar-refractivity contribution < 1.29 is 22.8 Å². The molecule has 7 heteroatoms. The zero-order valence-electron chi connectivity index (χ0n) is 16.3. The molecule has 0 spiro atoms. The third kappa shape index (κ3) is 4.96. The van der Waals surface area contributed by atoms with E-state index in [1.54, 1.807) is 4.90 Å². The van der Waals surface area contributed by atoms with E-state index in [0.29, 0.717) is 25.1 Å². The zero-order chi connectivity index (χ0) is 21.2. The highest BCUT2D eigenvalue weighted by Gasteiger charge is 2.33. The Morgan fingerprint density at radius 1 is 1.10 bits per heavy atom. The van der Waals surface area contributed by atoms with Crippen molar-refractivity contribution in [1.82, 2.24) is 4.90 Å². The standard InChI is InChI=1S/C22H23F3N2O2/c1-14-8-9-15(2)19(11-14)26-21(29)27-10-4-6-17(13-27)20(28)16-5-3-7-18(12-16)22(23,24)25/h3,5,7-9,11-12,17H,4,6,10,13H2,1-2H3,(H,26,29). The second-order valence-electron chi connectivity index (χ2n) is 7.48. The number of carbonyl (C=O) groups excluding carboxylic acids is 2. The molecule has 2 aromatic rings. The number of piperidine rings is 1. The number of alkyl halides is 3. The quantitative estimate of drug-likeness (QED) is 0.692. The Kier molecular flexibility index (Phi) is 5.96. The number of ketones is 1. The summed E-state index contributed by atoms with van der Waals surface area (Å²) < 4.78 is 38.8. The predicted molar refractivity (Wildman–Crippen MR) is 105 cm³/mol. The minimum atomic E-state index is -4.50. The van der Waals surface area contributed by atoms with Gasteiger partial charge in [-0.3, -0.25) is 4.79 Å². The molecule has 0 saturated carbocycles. The van der Waals surface area contributed by atoms with Gasteiger partial charge in [0.1, 0.15) is 0 Å². The number of nitrogens with zero attached hydrogens (tertiary/aromatic N) is 1. The van der Waals surface area contributed by atoms with Crippen LogP contribution in [0.2, 0.25) is 0 Å². The maximum absolute atomic E-state index is 12.9. The molecule has 1 unspecified atom stereocenters. The molecule has 2 amide bonds. The fourth-order valence-corrected chi connectivity index (χ4v) is 3.52. The number of aryl methyl sites for hydroxylation is 2. The molecule has 0 radical (unpaired) electrons. The van der Waals surface area contributed by atoms with Crippen LogP contribution in [0.25, 0.3) is 0 Å². The summed E-state index contributed by atoms with van der Waals surface area (Å²) in [7, 11) is 0. The van der Waals surface area contributed by atoms with Gasteiger partial charge < -0.3 is 10.2 Å². The lowest BCUT2D eigenvalue weighted by Gasteiger charge is -2.32. The van der Waals surface area contributed by atoms with Crippen LogP contribution in [-0.4, -0.2) is 29.8 Å². The number of hydrogen-bond donors (Lipinski definition) is 1. The summed E-state index contributed by atoms with van der Waals surface area (Å²) >= 11 is 0. The molecule has 1 fully saturated rings. The van der Waals surface area contributed by atoms with E-state index in [2.05, 4.69) is 5.32 Å². The van der Waals surface area contributed by atoms with Gasteiger partial charge in [0.25, 0.3) is 0 Å². The third-order valence-electron chi connectivity index (χ3n) is 5.19. The third-order valence-corrected chi connectivity index (χ3v) is 5.19. The Morgan fingerprint density at radius 2 is 1.86 bits per heavy atom. The van der Waals surface area contributed by atoms with E-state index in [1.165, 1.54) is 12.1 Å². The summed E-state index contributed by atoms with van der Waals surface area (Å²) in [5, 5.41) is 2.88. The number of halogens is 3. The number of rotatable bonds is 3. The van der Waals surface area contributed by atoms with Crippen molar-refractivity contribution in [2.24, 2.45) is 5.92 Å². The molecular weight excluding hydrogens is 381 g/mol. The number of urea groups is 1. The number of amides is 2. The van der Waals surface area contributed by atoms with E-state index in [0.717, 1.165) is 23.3 Å². The Morgan fingerprint density at radius 3 is 2.59 bits per heavy atom. The van der Waals surface area contributed by atoms with Crippen LogP contribution >= 0.6 is 0 Å². The predicted octanol–water partition coefficient (Wildman–Crippen LogP) is 5.45. The molecule has 1 atom stereocenters. The van der Waals surface area contributed by atoms with Gasteiger partial charge in [-0.05, 0) is 56.0 Å². The Balaban J connectivity index is 1.71. The van der Waals surface area contributed by atoms with Crippen LogP contribution < -0.4 is 5.32 Å². The van der Waals surface area contributed by atoms with E-state index in [-0.39, 0.29) is 23.9 Å². The first kappa shape index (κ1) is 20.9. The topological polar surface area (TPSA) is 49.4 Å². The molecule has 0 bridgehead atoms. The van der Waals surface area contributed by atoms with Gasteiger partial charge in [0, 0.05) is 30.3 Å². The molecule has 4 nitrogen and oxygen atoms in total. The largest absolute Gasteiger partial charge is 0.416 e. The number of nitrogens with one attached hydrogen (secondary N) is 1. The van der Waals surface area contributed by atoms with Crippen LogP contribution in [-0.2, 0) is 6.18 Å². The molecular formula is C22H23F3N2O2. The van der Waals surface area contributed by atoms with Crippen molar-refractivity contribution in [3.8, 4) is 0 Å². The van der Waals surface area contributed by atoms with Crippen LogP contribution in [0, 0.1) is 19.8 Å². The molecule has 1 saturated heterocycles. The highest BCUT2D eigenvalue weighted by molar-refractivity contribution is 5.99. The molecule has 154 valence electrons. The lowest BCUT2D eigenvalue weighted by molar-refractivity contribution is -0.137. The SMILES string of the molecule is Cc1ccc(C)c(NC(=O)N2CCCC(C(=O)c3cccc(C(F)(F)F)c3)C2)c1. The van der Waals surface area contributed by atoms with Crippen molar-refractivity contribution >= 4 is 17.5 Å². The van der Waals surface area contributed by atoms with Crippen LogP contribution in [0.4, 0.5) is 23.7 Å². The van der Waals surface area contributed by atoms with E-state index in [4.69, 9.17) is 0 Å².